The van der Waals surface area contributed by atoms with Crippen molar-refractivity contribution in [3.8, 4) is 0 Å². The van der Waals surface area contributed by atoms with Crippen molar-refractivity contribution in [1.82, 2.24) is 5.32 Å². The van der Waals surface area contributed by atoms with Gasteiger partial charge in [0.1, 0.15) is 0 Å². The number of carbonyl (C=O) groups is 1. The van der Waals surface area contributed by atoms with Gasteiger partial charge in [-0.25, -0.2) is 13.2 Å². The summed E-state index contributed by atoms with van der Waals surface area (Å²) in [7, 11) is -3.53. The summed E-state index contributed by atoms with van der Waals surface area (Å²) in [6.07, 6.45) is 0. The normalized spacial score (nSPS) is 13.2. The highest BCUT2D eigenvalue weighted by Crippen LogP contribution is 2.23. The third kappa shape index (κ3) is 7.11. The Morgan fingerprint density at radius 3 is 2.13 bits per heavy atom. The molecule has 0 saturated carbocycles. The summed E-state index contributed by atoms with van der Waals surface area (Å²) < 4.78 is 25.3. The maximum Gasteiger partial charge on any atom is 0.319 e. The molecule has 4 N–H and O–H groups in total. The van der Waals surface area contributed by atoms with Crippen molar-refractivity contribution < 1.29 is 13.2 Å². The van der Waals surface area contributed by atoms with Gasteiger partial charge in [-0.1, -0.05) is 54.0 Å². The summed E-state index contributed by atoms with van der Waals surface area (Å²) >= 11 is 11.8. The Kier molecular flexibility index (Phi) is 8.70. The number of nitrogens with one attached hydrogen (secondary N) is 2. The molecule has 1 unspecified atom stereocenters. The van der Waals surface area contributed by atoms with Crippen LogP contribution in [-0.4, -0.2) is 20.5 Å². The number of hydrogen-bond acceptors (Lipinski definition) is 4. The smallest absolute Gasteiger partial charge is 0.319 e. The Hall–Kier alpha value is -2.32. The van der Waals surface area contributed by atoms with Crippen LogP contribution in [0.15, 0.2) is 75.6 Å². The third-order valence-electron chi connectivity index (χ3n) is 4.67. The predicted molar refractivity (Wildman–Crippen MR) is 127 cm³/mol. The van der Waals surface area contributed by atoms with Crippen LogP contribution in [0.1, 0.15) is 25.0 Å². The highest BCUT2D eigenvalue weighted by atomic mass is 35.5. The average molecular weight is 482 g/mol. The molecule has 31 heavy (non-hydrogen) atoms. The highest BCUT2D eigenvalue weighted by Gasteiger charge is 2.16. The van der Waals surface area contributed by atoms with Crippen molar-refractivity contribution >= 4 is 44.8 Å². The molecule has 0 spiro atoms. The van der Waals surface area contributed by atoms with Gasteiger partial charge in [-0.15, -0.1) is 0 Å². The van der Waals surface area contributed by atoms with Crippen molar-refractivity contribution in [2.75, 3.05) is 5.32 Å². The Morgan fingerprint density at radius 1 is 1.06 bits per heavy atom. The van der Waals surface area contributed by atoms with E-state index in [0.29, 0.717) is 28.4 Å². The molecule has 0 aliphatic carbocycles. The first-order chi connectivity index (χ1) is 14.5. The summed E-state index contributed by atoms with van der Waals surface area (Å²) in [4.78, 5) is 12.4. The molecule has 2 aromatic rings. The molecule has 0 fully saturated rings. The fraction of sp³-hybridized carbons (Fsp3) is 0.227. The van der Waals surface area contributed by atoms with Gasteiger partial charge in [0, 0.05) is 12.2 Å². The molecule has 0 aliphatic rings. The number of carbonyl (C=O) groups excluding carboxylic acids is 1. The zero-order chi connectivity index (χ0) is 23.2. The molecule has 0 bridgehead atoms. The fourth-order valence-electron chi connectivity index (χ4n) is 2.70. The van der Waals surface area contributed by atoms with Crippen LogP contribution < -0.4 is 16.4 Å². The van der Waals surface area contributed by atoms with Gasteiger partial charge in [-0.2, -0.15) is 0 Å². The molecule has 0 aromatic heterocycles. The minimum atomic E-state index is -3.53. The van der Waals surface area contributed by atoms with Crippen LogP contribution in [0.4, 0.5) is 10.5 Å². The van der Waals surface area contributed by atoms with Gasteiger partial charge in [0.05, 0.1) is 26.8 Å². The second kappa shape index (κ2) is 10.8. The first-order valence-electron chi connectivity index (χ1n) is 9.42. The maximum absolute atomic E-state index is 12.7. The molecule has 2 amide bonds. The number of sulfone groups is 1. The molecule has 0 heterocycles. The van der Waals surface area contributed by atoms with Gasteiger partial charge < -0.3 is 16.4 Å². The van der Waals surface area contributed by atoms with Crippen LogP contribution in [0.25, 0.3) is 0 Å². The third-order valence-corrected chi connectivity index (χ3v) is 7.18. The van der Waals surface area contributed by atoms with E-state index in [2.05, 4.69) is 17.2 Å². The predicted octanol–water partition coefficient (Wildman–Crippen LogP) is 4.89. The second-order valence-electron chi connectivity index (χ2n) is 7.03. The lowest BCUT2D eigenvalue weighted by molar-refractivity contribution is 0.250. The number of rotatable bonds is 8. The minimum Gasteiger partial charge on any atom is -0.332 e. The van der Waals surface area contributed by atoms with Crippen LogP contribution in [0, 0.1) is 0 Å². The summed E-state index contributed by atoms with van der Waals surface area (Å²) in [6, 6.07) is 12.3. The molecule has 0 saturated heterocycles. The van der Waals surface area contributed by atoms with Gasteiger partial charge >= 0.3 is 6.03 Å². The molecule has 0 aliphatic heterocycles. The zero-order valence-electron chi connectivity index (χ0n) is 17.3. The first kappa shape index (κ1) is 24.9. The van der Waals surface area contributed by atoms with Crippen molar-refractivity contribution in [3.63, 3.8) is 0 Å². The van der Waals surface area contributed by atoms with Crippen LogP contribution >= 0.6 is 23.2 Å². The van der Waals surface area contributed by atoms with Gasteiger partial charge in [0.15, 0.2) is 9.84 Å². The Morgan fingerprint density at radius 2 is 1.61 bits per heavy atom. The first-order valence-corrected chi connectivity index (χ1v) is 11.8. The molecule has 2 aromatic carbocycles. The summed E-state index contributed by atoms with van der Waals surface area (Å²) in [5.74, 6) is -0.124. The second-order valence-corrected chi connectivity index (χ2v) is 9.85. The molecular weight excluding hydrogens is 457 g/mol. The lowest BCUT2D eigenvalue weighted by Gasteiger charge is -2.17. The summed E-state index contributed by atoms with van der Waals surface area (Å²) in [5.41, 5.74) is 8.29. The van der Waals surface area contributed by atoms with E-state index in [0.717, 1.165) is 5.56 Å². The molecule has 6 nitrogen and oxygen atoms in total. The minimum absolute atomic E-state index is 0.124. The van der Waals surface area contributed by atoms with Gasteiger partial charge in [-0.05, 0) is 54.8 Å². The summed E-state index contributed by atoms with van der Waals surface area (Å²) in [6.45, 7) is 7.46. The molecule has 2 rings (SSSR count). The van der Waals surface area contributed by atoms with E-state index in [9.17, 15) is 13.2 Å². The van der Waals surface area contributed by atoms with E-state index < -0.39 is 15.9 Å². The Balaban J connectivity index is 2.02. The SMILES string of the molecule is C=C(Cl)/C(Cl)=C(\C)C(C)NC(=O)Nc1ccc(S(=O)(=O)Cc2ccc(CN)cc2)cc1. The van der Waals surface area contributed by atoms with E-state index in [4.69, 9.17) is 28.9 Å². The van der Waals surface area contributed by atoms with E-state index in [1.54, 1.807) is 26.0 Å². The number of amides is 2. The number of urea groups is 1. The van der Waals surface area contributed by atoms with E-state index in [1.807, 2.05) is 12.1 Å². The lowest BCUT2D eigenvalue weighted by atomic mass is 10.1. The van der Waals surface area contributed by atoms with Crippen molar-refractivity contribution in [3.05, 3.63) is 81.9 Å². The topological polar surface area (TPSA) is 101 Å². The Bertz CT molecular complexity index is 1080. The van der Waals surface area contributed by atoms with E-state index in [1.165, 1.54) is 24.3 Å². The van der Waals surface area contributed by atoms with E-state index in [-0.39, 0.29) is 21.7 Å². The van der Waals surface area contributed by atoms with E-state index >= 15 is 0 Å². The number of benzene rings is 2. The Labute approximate surface area is 193 Å². The van der Waals surface area contributed by atoms with Crippen molar-refractivity contribution in [1.29, 1.82) is 0 Å². The van der Waals surface area contributed by atoms with Gasteiger partial charge in [0.2, 0.25) is 0 Å². The largest absolute Gasteiger partial charge is 0.332 e. The van der Waals surface area contributed by atoms with Crippen LogP contribution in [0.2, 0.25) is 0 Å². The highest BCUT2D eigenvalue weighted by molar-refractivity contribution is 7.90. The number of halogens is 2. The molecule has 1 atom stereocenters. The number of anilines is 1. The molecule has 0 radical (unpaired) electrons. The summed E-state index contributed by atoms with van der Waals surface area (Å²) in [5, 5.41) is 5.88. The maximum atomic E-state index is 12.7. The van der Waals surface area contributed by atoms with Crippen LogP contribution in [-0.2, 0) is 22.1 Å². The standard InChI is InChI=1S/C22H25Cl2N3O3S/c1-14(21(24)15(2)23)16(3)26-22(28)27-19-8-10-20(11-9-19)31(29,30)13-18-6-4-17(12-25)5-7-18/h4-11,16H,2,12-13,25H2,1,3H3,(H2,26,27,28)/b21-14-. The van der Waals surface area contributed by atoms with Gasteiger partial charge in [-0.3, -0.25) is 0 Å². The average Bonchev–Trinajstić information content (AvgIpc) is 2.73. The zero-order valence-corrected chi connectivity index (χ0v) is 19.6. The van der Waals surface area contributed by atoms with Crippen molar-refractivity contribution in [2.24, 2.45) is 5.73 Å². The number of allylic oxidation sites excluding steroid dienone is 2. The number of nitrogens with two attached hydrogens (primary N) is 1. The fourth-order valence-corrected chi connectivity index (χ4v) is 4.36. The van der Waals surface area contributed by atoms with Crippen LogP contribution in [0.5, 0.6) is 0 Å². The van der Waals surface area contributed by atoms with Crippen LogP contribution in [0.3, 0.4) is 0 Å². The monoisotopic (exact) mass is 481 g/mol. The molecule has 9 heteroatoms. The quantitative estimate of drug-likeness (QED) is 0.466. The lowest BCUT2D eigenvalue weighted by Crippen LogP contribution is -2.37. The number of hydrogen-bond donors (Lipinski definition) is 3. The molecular formula is C22H25Cl2N3O3S. The van der Waals surface area contributed by atoms with Gasteiger partial charge in [0.25, 0.3) is 0 Å². The molecule has 166 valence electrons. The van der Waals surface area contributed by atoms with Crippen molar-refractivity contribution in [2.45, 2.75) is 37.1 Å².